The van der Waals surface area contributed by atoms with Gasteiger partial charge < -0.3 is 29.4 Å². The Kier molecular flexibility index (Phi) is 35.5. The van der Waals surface area contributed by atoms with Crippen molar-refractivity contribution in [3.8, 4) is 0 Å². The first-order valence-corrected chi connectivity index (χ1v) is 13.4. The monoisotopic (exact) mass is 492 g/mol. The third-order valence-electron chi connectivity index (χ3n) is 2.27. The van der Waals surface area contributed by atoms with E-state index in [4.69, 9.17) is 29.4 Å². The zero-order chi connectivity index (χ0) is 20.4. The van der Waals surface area contributed by atoms with Crippen molar-refractivity contribution >= 4 is 37.1 Å². The minimum atomic E-state index is -3.81. The van der Waals surface area contributed by atoms with Crippen LogP contribution in [0.25, 0.3) is 0 Å². The van der Waals surface area contributed by atoms with Crippen LogP contribution >= 0.6 is 13.4 Å². The van der Waals surface area contributed by atoms with Gasteiger partial charge in [0.05, 0.1) is 0 Å². The standard InChI is InChI=1S/2C7H16.2H3O3PS.Zn/c2*1-4-5-6-7(2)3;2*1-4(2,3)5;/h2*7H,4-6H2,1-3H3;2*(H3,1,2,3,5);. The van der Waals surface area contributed by atoms with Crippen LogP contribution in [0.4, 0.5) is 0 Å². The average molecular weight is 494 g/mol. The summed E-state index contributed by atoms with van der Waals surface area (Å²) in [6.45, 7) is 5.96. The third-order valence-corrected chi connectivity index (χ3v) is 2.27. The summed E-state index contributed by atoms with van der Waals surface area (Å²) in [6, 6.07) is 0. The van der Waals surface area contributed by atoms with Gasteiger partial charge in [0.1, 0.15) is 0 Å². The Morgan fingerprint density at radius 3 is 0.840 bits per heavy atom. The van der Waals surface area contributed by atoms with E-state index >= 15 is 0 Å². The molecule has 0 aromatic heterocycles. The molecule has 0 aromatic carbocycles. The number of rotatable bonds is 6. The maximum Gasteiger partial charge on any atom is 0.319 e. The zero-order valence-electron chi connectivity index (χ0n) is 16.5. The molecule has 0 amide bonds. The molecule has 0 rings (SSSR count). The van der Waals surface area contributed by atoms with Crippen LogP contribution in [0.2, 0.25) is 0 Å². The van der Waals surface area contributed by atoms with Gasteiger partial charge in [0, 0.05) is 19.5 Å². The fraction of sp³-hybridized carbons (Fsp3) is 1.00. The van der Waals surface area contributed by atoms with Crippen molar-refractivity contribution in [1.82, 2.24) is 0 Å². The molecule has 0 heterocycles. The molecule has 0 aliphatic carbocycles. The SMILES string of the molecule is CCCCC(C)C.CCCCC(C)C.OP(O)(O)=S.OP(O)(O)=S.[Zn]. The fourth-order valence-electron chi connectivity index (χ4n) is 1.22. The van der Waals surface area contributed by atoms with Gasteiger partial charge in [-0.05, 0) is 35.4 Å². The quantitative estimate of drug-likeness (QED) is 0.242. The van der Waals surface area contributed by atoms with Crippen LogP contribution in [0.1, 0.15) is 80.1 Å². The summed E-state index contributed by atoms with van der Waals surface area (Å²) in [5.74, 6) is 1.81. The van der Waals surface area contributed by atoms with Crippen molar-refractivity contribution in [1.29, 1.82) is 0 Å². The molecule has 11 heteroatoms. The maximum absolute atomic E-state index is 7.56. The van der Waals surface area contributed by atoms with E-state index in [0.717, 1.165) is 11.8 Å². The van der Waals surface area contributed by atoms with Crippen molar-refractivity contribution in [3.63, 3.8) is 0 Å². The minimum absolute atomic E-state index is 0. The summed E-state index contributed by atoms with van der Waals surface area (Å²) in [5, 5.41) is 0. The molecule has 6 nitrogen and oxygen atoms in total. The third kappa shape index (κ3) is 154. The Bertz CT molecular complexity index is 287. The van der Waals surface area contributed by atoms with Crippen molar-refractivity contribution in [2.75, 3.05) is 0 Å². The minimum Gasteiger partial charge on any atom is -0.325 e. The van der Waals surface area contributed by atoms with Crippen LogP contribution < -0.4 is 0 Å². The van der Waals surface area contributed by atoms with Crippen molar-refractivity contribution in [2.24, 2.45) is 11.8 Å². The summed E-state index contributed by atoms with van der Waals surface area (Å²) in [6.07, 6.45) is 8.29. The van der Waals surface area contributed by atoms with E-state index in [1.165, 1.54) is 38.5 Å². The van der Waals surface area contributed by atoms with E-state index in [0.29, 0.717) is 0 Å². The maximum atomic E-state index is 7.56. The van der Waals surface area contributed by atoms with Gasteiger partial charge in [0.25, 0.3) is 0 Å². The van der Waals surface area contributed by atoms with Gasteiger partial charge in [-0.25, -0.2) is 0 Å². The second kappa shape index (κ2) is 23.7. The van der Waals surface area contributed by atoms with E-state index < -0.39 is 13.4 Å². The Morgan fingerprint density at radius 2 is 0.800 bits per heavy atom. The smallest absolute Gasteiger partial charge is 0.319 e. The molecule has 25 heavy (non-hydrogen) atoms. The molecule has 0 saturated carbocycles. The van der Waals surface area contributed by atoms with Crippen LogP contribution in [0.15, 0.2) is 0 Å². The Hall–Kier alpha value is 1.68. The second-order valence-electron chi connectivity index (χ2n) is 6.10. The molecular formula is C14H38O6P2S2Zn. The van der Waals surface area contributed by atoms with Crippen LogP contribution in [-0.4, -0.2) is 29.4 Å². The van der Waals surface area contributed by atoms with Crippen molar-refractivity contribution < 1.29 is 48.8 Å². The van der Waals surface area contributed by atoms with Gasteiger partial charge in [0.2, 0.25) is 0 Å². The molecule has 0 fully saturated rings. The first-order valence-electron chi connectivity index (χ1n) is 8.11. The van der Waals surface area contributed by atoms with Gasteiger partial charge in [-0.15, -0.1) is 0 Å². The van der Waals surface area contributed by atoms with Crippen LogP contribution in [0, 0.1) is 11.8 Å². The van der Waals surface area contributed by atoms with E-state index in [9.17, 15) is 0 Å². The van der Waals surface area contributed by atoms with Crippen LogP contribution in [-0.2, 0) is 43.1 Å². The predicted octanol–water partition coefficient (Wildman–Crippen LogP) is 4.04. The fourth-order valence-corrected chi connectivity index (χ4v) is 1.22. The molecule has 0 spiro atoms. The van der Waals surface area contributed by atoms with E-state index in [-0.39, 0.29) is 19.5 Å². The van der Waals surface area contributed by atoms with Crippen LogP contribution in [0.3, 0.4) is 0 Å². The molecular weight excluding hydrogens is 456 g/mol. The molecule has 0 aliphatic heterocycles. The van der Waals surface area contributed by atoms with E-state index in [1.54, 1.807) is 0 Å². The summed E-state index contributed by atoms with van der Waals surface area (Å²) < 4.78 is 0. The number of hydrogen-bond donors (Lipinski definition) is 6. The first kappa shape index (κ1) is 37.4. The van der Waals surface area contributed by atoms with Gasteiger partial charge >= 0.3 is 13.4 Å². The van der Waals surface area contributed by atoms with Crippen LogP contribution in [0.5, 0.6) is 0 Å². The molecule has 0 aromatic rings. The zero-order valence-corrected chi connectivity index (χ0v) is 22.9. The van der Waals surface area contributed by atoms with E-state index in [2.05, 4.69) is 65.2 Å². The molecule has 6 N–H and O–H groups in total. The first-order chi connectivity index (χ1) is 10.5. The Morgan fingerprint density at radius 1 is 0.640 bits per heavy atom. The largest absolute Gasteiger partial charge is 0.325 e. The molecule has 154 valence electrons. The Labute approximate surface area is 177 Å². The molecule has 0 unspecified atom stereocenters. The normalized spacial score (nSPS) is 10.5. The molecule has 0 saturated heterocycles. The van der Waals surface area contributed by atoms with Gasteiger partial charge in [-0.1, -0.05) is 80.1 Å². The summed E-state index contributed by atoms with van der Waals surface area (Å²) in [4.78, 5) is 45.3. The van der Waals surface area contributed by atoms with Crippen molar-refractivity contribution in [3.05, 3.63) is 0 Å². The molecule has 0 radical (unpaired) electrons. The topological polar surface area (TPSA) is 121 Å². The summed E-state index contributed by atoms with van der Waals surface area (Å²) >= 11 is 7.21. The molecule has 0 aliphatic rings. The summed E-state index contributed by atoms with van der Waals surface area (Å²) in [7, 11) is 0. The second-order valence-corrected chi connectivity index (χ2v) is 11.1. The predicted molar refractivity (Wildman–Crippen MR) is 111 cm³/mol. The Balaban J connectivity index is -0.0000000711. The van der Waals surface area contributed by atoms with Gasteiger partial charge in [-0.3, -0.25) is 0 Å². The molecule has 0 atom stereocenters. The molecule has 0 bridgehead atoms. The van der Waals surface area contributed by atoms with Gasteiger partial charge in [0.15, 0.2) is 0 Å². The number of unbranched alkanes of at least 4 members (excludes halogenated alkanes) is 2. The number of hydrogen-bond acceptors (Lipinski definition) is 2. The van der Waals surface area contributed by atoms with Crippen molar-refractivity contribution in [2.45, 2.75) is 80.1 Å². The van der Waals surface area contributed by atoms with E-state index in [1.807, 2.05) is 0 Å². The summed E-state index contributed by atoms with van der Waals surface area (Å²) in [5.41, 5.74) is 0. The van der Waals surface area contributed by atoms with Gasteiger partial charge in [-0.2, -0.15) is 0 Å². The average Bonchev–Trinajstić information content (AvgIpc) is 2.30.